The molecule has 2 heterocycles. The molecule has 10 nitrogen and oxygen atoms in total. The molecule has 0 saturated heterocycles. The van der Waals surface area contributed by atoms with E-state index in [0.717, 1.165) is 6.20 Å². The first-order valence-electron chi connectivity index (χ1n) is 5.68. The minimum absolute atomic E-state index is 0.0290. The van der Waals surface area contributed by atoms with Crippen molar-refractivity contribution in [2.45, 2.75) is 19.9 Å². The highest BCUT2D eigenvalue weighted by atomic mass is 16.6. The molecule has 0 saturated carbocycles. The number of rotatable bonds is 5. The van der Waals surface area contributed by atoms with E-state index in [1.165, 1.54) is 0 Å². The van der Waals surface area contributed by atoms with Crippen molar-refractivity contribution < 1.29 is 9.34 Å². The molecule has 1 atom stereocenters. The quantitative estimate of drug-likeness (QED) is 0.416. The Balaban J connectivity index is 2.29. The fourth-order valence-electron chi connectivity index (χ4n) is 1.52. The first kappa shape index (κ1) is 13.7. The minimum Gasteiger partial charge on any atom is -0.444 e. The number of nitrogens with two attached hydrogens (primary N) is 1. The van der Waals surface area contributed by atoms with Gasteiger partial charge in [0.05, 0.1) is 11.1 Å². The molecule has 106 valence electrons. The molecule has 0 aliphatic carbocycles. The van der Waals surface area contributed by atoms with Crippen LogP contribution in [-0.4, -0.2) is 19.9 Å². The molecule has 0 aliphatic heterocycles. The highest BCUT2D eigenvalue weighted by Gasteiger charge is 2.21. The Morgan fingerprint density at radius 1 is 1.45 bits per heavy atom. The number of nitro groups is 1. The van der Waals surface area contributed by atoms with Crippen LogP contribution in [0.4, 0.5) is 17.5 Å². The maximum Gasteiger partial charge on any atom is 0.329 e. The Morgan fingerprint density at radius 3 is 2.75 bits per heavy atom. The molecular formula is C10H13N7O3. The summed E-state index contributed by atoms with van der Waals surface area (Å²) in [6, 6.07) is -0.400. The van der Waals surface area contributed by atoms with Gasteiger partial charge in [0.2, 0.25) is 17.7 Å². The number of oxazole rings is 1. The number of hydrazine groups is 1. The zero-order valence-electron chi connectivity index (χ0n) is 10.8. The maximum atomic E-state index is 10.9. The lowest BCUT2D eigenvalue weighted by Crippen LogP contribution is -2.15. The van der Waals surface area contributed by atoms with Crippen LogP contribution in [0.15, 0.2) is 16.8 Å². The average molecular weight is 279 g/mol. The fraction of sp³-hybridized carbons (Fsp3) is 0.300. The number of nitrogens with zero attached hydrogens (tertiary/aromatic N) is 4. The van der Waals surface area contributed by atoms with Gasteiger partial charge in [-0.2, -0.15) is 4.98 Å². The van der Waals surface area contributed by atoms with Gasteiger partial charge in [-0.15, -0.1) is 0 Å². The molecule has 2 aromatic heterocycles. The van der Waals surface area contributed by atoms with E-state index < -0.39 is 11.0 Å². The highest BCUT2D eigenvalue weighted by molar-refractivity contribution is 5.57. The molecule has 0 radical (unpaired) electrons. The average Bonchev–Trinajstić information content (AvgIpc) is 2.85. The summed E-state index contributed by atoms with van der Waals surface area (Å²) in [4.78, 5) is 22.0. The van der Waals surface area contributed by atoms with Gasteiger partial charge in [0.25, 0.3) is 0 Å². The number of aromatic nitrogens is 3. The van der Waals surface area contributed by atoms with Crippen molar-refractivity contribution >= 4 is 17.5 Å². The predicted molar refractivity (Wildman–Crippen MR) is 69.8 cm³/mol. The zero-order valence-corrected chi connectivity index (χ0v) is 10.8. The van der Waals surface area contributed by atoms with Crippen LogP contribution >= 0.6 is 0 Å². The summed E-state index contributed by atoms with van der Waals surface area (Å²) in [7, 11) is 0. The smallest absolute Gasteiger partial charge is 0.329 e. The van der Waals surface area contributed by atoms with Crippen molar-refractivity contribution in [1.29, 1.82) is 0 Å². The zero-order chi connectivity index (χ0) is 14.7. The van der Waals surface area contributed by atoms with Crippen LogP contribution in [-0.2, 0) is 0 Å². The lowest BCUT2D eigenvalue weighted by molar-refractivity contribution is -0.384. The maximum absolute atomic E-state index is 10.9. The molecule has 0 bridgehead atoms. The van der Waals surface area contributed by atoms with Gasteiger partial charge in [-0.3, -0.25) is 15.5 Å². The van der Waals surface area contributed by atoms with E-state index >= 15 is 0 Å². The summed E-state index contributed by atoms with van der Waals surface area (Å²) in [6.07, 6.45) is 2.63. The first-order chi connectivity index (χ1) is 9.51. The Morgan fingerprint density at radius 2 is 2.20 bits per heavy atom. The largest absolute Gasteiger partial charge is 0.444 e. The summed E-state index contributed by atoms with van der Waals surface area (Å²) < 4.78 is 5.35. The van der Waals surface area contributed by atoms with Crippen LogP contribution in [0.3, 0.4) is 0 Å². The summed E-state index contributed by atoms with van der Waals surface area (Å²) >= 11 is 0. The van der Waals surface area contributed by atoms with Crippen LogP contribution in [0.1, 0.15) is 24.6 Å². The van der Waals surface area contributed by atoms with Gasteiger partial charge in [-0.1, -0.05) is 0 Å². The third-order valence-corrected chi connectivity index (χ3v) is 2.46. The Bertz CT molecular complexity index is 627. The lowest BCUT2D eigenvalue weighted by Gasteiger charge is -2.11. The third-order valence-electron chi connectivity index (χ3n) is 2.46. The van der Waals surface area contributed by atoms with Crippen molar-refractivity contribution in [3.63, 3.8) is 0 Å². The molecule has 2 rings (SSSR count). The number of nitrogen functional groups attached to an aromatic ring is 1. The number of hydrogen-bond acceptors (Lipinski definition) is 9. The van der Waals surface area contributed by atoms with E-state index in [9.17, 15) is 10.1 Å². The summed E-state index contributed by atoms with van der Waals surface area (Å²) in [5, 5.41) is 13.8. The number of anilines is 2. The predicted octanol–water partition coefficient (Wildman–Crippen LogP) is 1.14. The van der Waals surface area contributed by atoms with E-state index in [4.69, 9.17) is 10.3 Å². The van der Waals surface area contributed by atoms with Crippen molar-refractivity contribution in [3.05, 3.63) is 34.2 Å². The van der Waals surface area contributed by atoms with Crippen LogP contribution in [0, 0.1) is 17.0 Å². The van der Waals surface area contributed by atoms with Crippen molar-refractivity contribution in [1.82, 2.24) is 15.0 Å². The van der Waals surface area contributed by atoms with Crippen LogP contribution < -0.4 is 16.6 Å². The van der Waals surface area contributed by atoms with E-state index in [0.29, 0.717) is 11.7 Å². The van der Waals surface area contributed by atoms with Gasteiger partial charge >= 0.3 is 5.69 Å². The molecule has 4 N–H and O–H groups in total. The molecule has 0 fully saturated rings. The molecule has 20 heavy (non-hydrogen) atoms. The first-order valence-corrected chi connectivity index (χ1v) is 5.68. The fourth-order valence-corrected chi connectivity index (χ4v) is 1.52. The number of nitrogens with one attached hydrogen (secondary N) is 2. The van der Waals surface area contributed by atoms with Crippen LogP contribution in [0.2, 0.25) is 0 Å². The number of aryl methyl sites for hydroxylation is 1. The second kappa shape index (κ2) is 5.48. The molecule has 0 aromatic carbocycles. The molecule has 0 aliphatic rings. The van der Waals surface area contributed by atoms with Crippen LogP contribution in [0.5, 0.6) is 0 Å². The van der Waals surface area contributed by atoms with Crippen molar-refractivity contribution in [2.24, 2.45) is 5.84 Å². The standard InChI is InChI=1S/C10H13N7O3/c1-5-3-12-9(20-5)6(2)14-8-7(17(18)19)4-13-10(15-8)16-11/h3-4,6H,11H2,1-2H3,(H2,13,14,15,16). The minimum atomic E-state index is -0.587. The third kappa shape index (κ3) is 2.80. The van der Waals surface area contributed by atoms with E-state index in [1.807, 2.05) is 0 Å². The molecule has 0 amide bonds. The molecule has 2 aromatic rings. The van der Waals surface area contributed by atoms with Crippen molar-refractivity contribution in [3.8, 4) is 0 Å². The monoisotopic (exact) mass is 279 g/mol. The molecule has 10 heteroatoms. The summed E-state index contributed by atoms with van der Waals surface area (Å²) in [6.45, 7) is 3.50. The van der Waals surface area contributed by atoms with Gasteiger partial charge in [-0.05, 0) is 13.8 Å². The van der Waals surface area contributed by atoms with Gasteiger partial charge < -0.3 is 9.73 Å². The summed E-state index contributed by atoms with van der Waals surface area (Å²) in [5.41, 5.74) is 1.96. The van der Waals surface area contributed by atoms with Gasteiger partial charge in [0.1, 0.15) is 18.0 Å². The van der Waals surface area contributed by atoms with Crippen LogP contribution in [0.25, 0.3) is 0 Å². The van der Waals surface area contributed by atoms with Gasteiger partial charge in [0, 0.05) is 0 Å². The Hall–Kier alpha value is -2.75. The molecular weight excluding hydrogens is 266 g/mol. The SMILES string of the molecule is Cc1cnc(C(C)Nc2nc(NN)ncc2[N+](=O)[O-])o1. The Labute approximate surface area is 113 Å². The second-order valence-corrected chi connectivity index (χ2v) is 4.00. The lowest BCUT2D eigenvalue weighted by atomic mass is 10.3. The Kier molecular flexibility index (Phi) is 3.75. The van der Waals surface area contributed by atoms with E-state index in [1.54, 1.807) is 20.0 Å². The molecule has 0 spiro atoms. The van der Waals surface area contributed by atoms with Crippen molar-refractivity contribution in [2.75, 3.05) is 10.7 Å². The topological polar surface area (TPSA) is 145 Å². The molecule has 1 unspecified atom stereocenters. The van der Waals surface area contributed by atoms with Gasteiger partial charge in [-0.25, -0.2) is 15.8 Å². The van der Waals surface area contributed by atoms with E-state index in [-0.39, 0.29) is 17.5 Å². The number of hydrogen-bond donors (Lipinski definition) is 3. The highest BCUT2D eigenvalue weighted by Crippen LogP contribution is 2.26. The van der Waals surface area contributed by atoms with Gasteiger partial charge in [0.15, 0.2) is 0 Å². The normalized spacial score (nSPS) is 11.9. The van der Waals surface area contributed by atoms with E-state index in [2.05, 4.69) is 25.7 Å². The second-order valence-electron chi connectivity index (χ2n) is 4.00. The summed E-state index contributed by atoms with van der Waals surface area (Å²) in [5.74, 6) is 6.33.